The van der Waals surface area contributed by atoms with Gasteiger partial charge in [0.25, 0.3) is 0 Å². The van der Waals surface area contributed by atoms with E-state index in [1.165, 1.54) is 31.0 Å². The van der Waals surface area contributed by atoms with Crippen LogP contribution >= 0.6 is 47.2 Å². The fourth-order valence-electron chi connectivity index (χ4n) is 1.39. The maximum atomic E-state index is 11.8. The van der Waals surface area contributed by atoms with Gasteiger partial charge in [-0.3, -0.25) is 14.5 Å². The second-order valence-electron chi connectivity index (χ2n) is 4.22. The van der Waals surface area contributed by atoms with E-state index in [-0.39, 0.29) is 34.7 Å². The Morgan fingerprint density at radius 1 is 1.29 bits per heavy atom. The number of carbonyl (C=O) groups is 2. The number of hydrogen-bond donors (Lipinski definition) is 2. The Labute approximate surface area is 143 Å². The first kappa shape index (κ1) is 20.3. The quantitative estimate of drug-likeness (QED) is 0.827. The fraction of sp³-hybridized carbons (Fsp3) is 0.333. The summed E-state index contributed by atoms with van der Waals surface area (Å²) < 4.78 is 0. The van der Waals surface area contributed by atoms with Crippen molar-refractivity contribution >= 4 is 64.8 Å². The van der Waals surface area contributed by atoms with Crippen molar-refractivity contribution in [2.75, 3.05) is 18.9 Å². The number of aliphatic carboxylic acids is 1. The zero-order valence-corrected chi connectivity index (χ0v) is 14.3. The van der Waals surface area contributed by atoms with Gasteiger partial charge in [-0.25, -0.2) is 0 Å². The summed E-state index contributed by atoms with van der Waals surface area (Å²) in [6, 6.07) is 2.12. The van der Waals surface area contributed by atoms with Crippen LogP contribution in [0.3, 0.4) is 0 Å². The number of anilines is 1. The molecule has 0 bridgehead atoms. The third-order valence-corrected chi connectivity index (χ3v) is 3.50. The fourth-order valence-corrected chi connectivity index (χ4v) is 2.30. The van der Waals surface area contributed by atoms with Gasteiger partial charge in [0.1, 0.15) is 6.04 Å². The van der Waals surface area contributed by atoms with Crippen LogP contribution in [0.25, 0.3) is 0 Å². The first-order valence-corrected chi connectivity index (χ1v) is 6.73. The van der Waals surface area contributed by atoms with Crippen molar-refractivity contribution in [1.29, 1.82) is 0 Å². The van der Waals surface area contributed by atoms with Gasteiger partial charge in [-0.15, -0.1) is 12.4 Å². The Bertz CT molecular complexity index is 516. The van der Waals surface area contributed by atoms with E-state index in [0.29, 0.717) is 5.02 Å². The average Bonchev–Trinajstić information content (AvgIpc) is 2.32. The highest BCUT2D eigenvalue weighted by Gasteiger charge is 2.20. The second-order valence-corrected chi connectivity index (χ2v) is 5.47. The smallest absolute Gasteiger partial charge is 0.320 e. The summed E-state index contributed by atoms with van der Waals surface area (Å²) in [4.78, 5) is 24.0. The molecule has 1 aromatic rings. The number of carboxylic acid groups (broad SMARTS) is 1. The van der Waals surface area contributed by atoms with Crippen molar-refractivity contribution in [3.05, 3.63) is 27.2 Å². The molecule has 5 nitrogen and oxygen atoms in total. The Kier molecular flexibility index (Phi) is 8.36. The van der Waals surface area contributed by atoms with Crippen molar-refractivity contribution in [2.45, 2.75) is 13.0 Å². The van der Waals surface area contributed by atoms with E-state index in [1.807, 2.05) is 0 Å². The lowest BCUT2D eigenvalue weighted by Crippen LogP contribution is -2.40. The van der Waals surface area contributed by atoms with Gasteiger partial charge in [0, 0.05) is 5.02 Å². The number of hydrogen-bond acceptors (Lipinski definition) is 3. The minimum absolute atomic E-state index is 0. The number of nitrogens with zero attached hydrogens (tertiary/aromatic N) is 1. The molecule has 9 heteroatoms. The predicted molar refractivity (Wildman–Crippen MR) is 87.1 cm³/mol. The van der Waals surface area contributed by atoms with E-state index in [1.54, 1.807) is 0 Å². The van der Waals surface area contributed by atoms with E-state index in [9.17, 15) is 9.59 Å². The zero-order chi connectivity index (χ0) is 15.4. The number of amides is 1. The summed E-state index contributed by atoms with van der Waals surface area (Å²) >= 11 is 17.6. The molecule has 0 spiro atoms. The monoisotopic (exact) mass is 374 g/mol. The minimum atomic E-state index is -1.01. The van der Waals surface area contributed by atoms with Crippen LogP contribution in [0.5, 0.6) is 0 Å². The minimum Gasteiger partial charge on any atom is -0.480 e. The molecule has 0 aliphatic rings. The Balaban J connectivity index is 0.00000400. The number of halogens is 4. The van der Waals surface area contributed by atoms with Crippen molar-refractivity contribution in [3.63, 3.8) is 0 Å². The molecule has 0 fully saturated rings. The Morgan fingerprint density at radius 2 is 1.76 bits per heavy atom. The molecule has 1 atom stereocenters. The van der Waals surface area contributed by atoms with Crippen LogP contribution < -0.4 is 5.32 Å². The van der Waals surface area contributed by atoms with E-state index >= 15 is 0 Å². The van der Waals surface area contributed by atoms with Crippen molar-refractivity contribution < 1.29 is 14.7 Å². The predicted octanol–water partition coefficient (Wildman–Crippen LogP) is 3.41. The number of benzene rings is 1. The maximum absolute atomic E-state index is 11.8. The number of carbonyl (C=O) groups excluding carboxylic acids is 1. The highest BCUT2D eigenvalue weighted by molar-refractivity contribution is 6.42. The lowest BCUT2D eigenvalue weighted by Gasteiger charge is -2.20. The molecule has 0 aliphatic heterocycles. The molecule has 1 aromatic carbocycles. The zero-order valence-electron chi connectivity index (χ0n) is 11.2. The summed E-state index contributed by atoms with van der Waals surface area (Å²) in [5.74, 6) is -1.44. The number of rotatable bonds is 5. The molecule has 0 radical (unpaired) electrons. The maximum Gasteiger partial charge on any atom is 0.320 e. The molecule has 0 saturated carbocycles. The third kappa shape index (κ3) is 5.88. The third-order valence-electron chi connectivity index (χ3n) is 2.68. The summed E-state index contributed by atoms with van der Waals surface area (Å²) in [7, 11) is 1.53. The highest BCUT2D eigenvalue weighted by Crippen LogP contribution is 2.33. The highest BCUT2D eigenvalue weighted by atomic mass is 35.5. The summed E-state index contributed by atoms with van der Waals surface area (Å²) in [6.07, 6.45) is 0. The van der Waals surface area contributed by atoms with Gasteiger partial charge in [-0.2, -0.15) is 0 Å². The molecule has 2 N–H and O–H groups in total. The molecule has 0 saturated heterocycles. The van der Waals surface area contributed by atoms with Gasteiger partial charge in [-0.05, 0) is 26.1 Å². The van der Waals surface area contributed by atoms with Gasteiger partial charge in [0.05, 0.1) is 22.3 Å². The van der Waals surface area contributed by atoms with Crippen molar-refractivity contribution in [3.8, 4) is 0 Å². The van der Waals surface area contributed by atoms with E-state index in [0.717, 1.165) is 0 Å². The van der Waals surface area contributed by atoms with Crippen LogP contribution in [0.2, 0.25) is 15.1 Å². The van der Waals surface area contributed by atoms with Crippen LogP contribution in [-0.2, 0) is 9.59 Å². The van der Waals surface area contributed by atoms with Crippen LogP contribution in [0.4, 0.5) is 5.69 Å². The molecule has 1 unspecified atom stereocenters. The van der Waals surface area contributed by atoms with Crippen molar-refractivity contribution in [2.24, 2.45) is 0 Å². The Morgan fingerprint density at radius 3 is 2.19 bits per heavy atom. The van der Waals surface area contributed by atoms with Crippen LogP contribution in [0, 0.1) is 0 Å². The molecular weight excluding hydrogens is 362 g/mol. The molecule has 0 heterocycles. The van der Waals surface area contributed by atoms with Crippen LogP contribution in [-0.4, -0.2) is 41.5 Å². The average molecular weight is 376 g/mol. The number of carboxylic acids is 1. The summed E-state index contributed by atoms with van der Waals surface area (Å²) in [5, 5.41) is 12.2. The molecule has 118 valence electrons. The molecular formula is C12H14Cl4N2O3. The van der Waals surface area contributed by atoms with Crippen molar-refractivity contribution in [1.82, 2.24) is 4.90 Å². The van der Waals surface area contributed by atoms with Gasteiger partial charge in [0.2, 0.25) is 5.91 Å². The molecule has 0 aromatic heterocycles. The number of nitrogens with one attached hydrogen (secondary N) is 1. The van der Waals surface area contributed by atoms with Crippen LogP contribution in [0.1, 0.15) is 6.92 Å². The molecule has 1 amide bonds. The molecule has 21 heavy (non-hydrogen) atoms. The SMILES string of the molecule is CC(C(=O)O)N(C)CC(=O)Nc1c(Cl)cc(Cl)cc1Cl.Cl. The van der Waals surface area contributed by atoms with Crippen LogP contribution in [0.15, 0.2) is 12.1 Å². The lowest BCUT2D eigenvalue weighted by atomic mass is 10.3. The van der Waals surface area contributed by atoms with E-state index in [2.05, 4.69) is 5.32 Å². The van der Waals surface area contributed by atoms with E-state index in [4.69, 9.17) is 39.9 Å². The van der Waals surface area contributed by atoms with Gasteiger partial charge < -0.3 is 10.4 Å². The van der Waals surface area contributed by atoms with Gasteiger partial charge >= 0.3 is 5.97 Å². The normalized spacial score (nSPS) is 11.7. The van der Waals surface area contributed by atoms with Gasteiger partial charge in [0.15, 0.2) is 0 Å². The topological polar surface area (TPSA) is 69.6 Å². The molecule has 1 rings (SSSR count). The second kappa shape index (κ2) is 8.66. The standard InChI is InChI=1S/C12H13Cl3N2O3.ClH/c1-6(12(19)20)17(2)5-10(18)16-11-8(14)3-7(13)4-9(11)15;/h3-4,6H,5H2,1-2H3,(H,16,18)(H,19,20);1H. The number of likely N-dealkylation sites (N-methyl/N-ethyl adjacent to an activating group) is 1. The first-order valence-electron chi connectivity index (χ1n) is 5.59. The summed E-state index contributed by atoms with van der Waals surface area (Å²) in [6.45, 7) is 1.38. The van der Waals surface area contributed by atoms with Gasteiger partial charge in [-0.1, -0.05) is 34.8 Å². The molecule has 0 aliphatic carbocycles. The van der Waals surface area contributed by atoms with E-state index < -0.39 is 17.9 Å². The summed E-state index contributed by atoms with van der Waals surface area (Å²) in [5.41, 5.74) is 0.249. The largest absolute Gasteiger partial charge is 0.480 e. The Hall–Kier alpha value is -0.720. The lowest BCUT2D eigenvalue weighted by molar-refractivity contribution is -0.142. The first-order chi connectivity index (χ1) is 9.22.